The zero-order chi connectivity index (χ0) is 11.5. The maximum absolute atomic E-state index is 12.0. The summed E-state index contributed by atoms with van der Waals surface area (Å²) in [6, 6.07) is 6.16. The minimum atomic E-state index is 0.229. The van der Waals surface area contributed by atoms with Crippen LogP contribution < -0.4 is 5.73 Å². The molecule has 2 heteroatoms. The highest BCUT2D eigenvalue weighted by atomic mass is 16.1. The van der Waals surface area contributed by atoms with Crippen LogP contribution in [0.3, 0.4) is 0 Å². The lowest BCUT2D eigenvalue weighted by Gasteiger charge is -2.08. The van der Waals surface area contributed by atoms with Crippen molar-refractivity contribution in [3.8, 4) is 0 Å². The Morgan fingerprint density at radius 2 is 2.12 bits per heavy atom. The van der Waals surface area contributed by atoms with Gasteiger partial charge in [0.2, 0.25) is 0 Å². The summed E-state index contributed by atoms with van der Waals surface area (Å²) in [5.74, 6) is 0.508. The van der Waals surface area contributed by atoms with Gasteiger partial charge in [0, 0.05) is 12.0 Å². The van der Waals surface area contributed by atoms with E-state index in [2.05, 4.69) is 12.1 Å². The number of carbonyl (C=O) groups excluding carboxylic acids is 1. The second-order valence-electron chi connectivity index (χ2n) is 4.81. The number of benzene rings is 1. The average Bonchev–Trinajstić information content (AvgIpc) is 2.75. The number of carbonyl (C=O) groups is 1. The Labute approximate surface area is 96.8 Å². The van der Waals surface area contributed by atoms with Gasteiger partial charge in [0.15, 0.2) is 5.78 Å². The number of ketones is 1. The van der Waals surface area contributed by atoms with Gasteiger partial charge >= 0.3 is 0 Å². The monoisotopic (exact) mass is 217 g/mol. The highest BCUT2D eigenvalue weighted by Gasteiger charge is 2.15. The molecule has 0 saturated carbocycles. The highest BCUT2D eigenvalue weighted by molar-refractivity contribution is 5.96. The van der Waals surface area contributed by atoms with Crippen molar-refractivity contribution in [2.45, 2.75) is 32.6 Å². The summed E-state index contributed by atoms with van der Waals surface area (Å²) in [5, 5.41) is 0. The van der Waals surface area contributed by atoms with Crippen molar-refractivity contribution in [1.82, 2.24) is 0 Å². The van der Waals surface area contributed by atoms with E-state index in [1.807, 2.05) is 13.0 Å². The summed E-state index contributed by atoms with van der Waals surface area (Å²) in [5.41, 5.74) is 9.19. The lowest BCUT2D eigenvalue weighted by atomic mass is 9.97. The van der Waals surface area contributed by atoms with E-state index in [4.69, 9.17) is 5.73 Å². The zero-order valence-electron chi connectivity index (χ0n) is 9.83. The Hall–Kier alpha value is -1.15. The smallest absolute Gasteiger partial charge is 0.163 e. The van der Waals surface area contributed by atoms with Crippen molar-refractivity contribution in [3.63, 3.8) is 0 Å². The maximum atomic E-state index is 12.0. The molecule has 0 bridgehead atoms. The van der Waals surface area contributed by atoms with E-state index in [1.54, 1.807) is 0 Å². The number of nitrogens with two attached hydrogens (primary N) is 1. The number of fused-ring (bicyclic) bond motifs is 1. The Morgan fingerprint density at radius 1 is 1.38 bits per heavy atom. The molecule has 1 atom stereocenters. The summed E-state index contributed by atoms with van der Waals surface area (Å²) < 4.78 is 0. The first-order chi connectivity index (χ1) is 7.70. The van der Waals surface area contributed by atoms with E-state index < -0.39 is 0 Å². The minimum absolute atomic E-state index is 0.229. The molecule has 0 aromatic heterocycles. The van der Waals surface area contributed by atoms with Gasteiger partial charge in [-0.2, -0.15) is 0 Å². The molecule has 0 fully saturated rings. The van der Waals surface area contributed by atoms with Gasteiger partial charge in [-0.25, -0.2) is 0 Å². The van der Waals surface area contributed by atoms with Crippen LogP contribution in [0.15, 0.2) is 18.2 Å². The molecule has 0 amide bonds. The molecule has 1 aliphatic rings. The molecule has 16 heavy (non-hydrogen) atoms. The standard InChI is InChI=1S/C14H19NO/c1-10(9-15)7-14(16)13-6-5-11-3-2-4-12(11)8-13/h5-6,8,10H,2-4,7,9,15H2,1H3. The lowest BCUT2D eigenvalue weighted by Crippen LogP contribution is -2.15. The average molecular weight is 217 g/mol. The largest absolute Gasteiger partial charge is 0.330 e. The SMILES string of the molecule is CC(CN)CC(=O)c1ccc2c(c1)CCC2. The van der Waals surface area contributed by atoms with Gasteiger partial charge in [-0.1, -0.05) is 19.1 Å². The topological polar surface area (TPSA) is 43.1 Å². The van der Waals surface area contributed by atoms with Crippen molar-refractivity contribution in [2.75, 3.05) is 6.54 Å². The zero-order valence-corrected chi connectivity index (χ0v) is 9.83. The van der Waals surface area contributed by atoms with Crippen LogP contribution in [0.5, 0.6) is 0 Å². The van der Waals surface area contributed by atoms with Gasteiger partial charge in [0.05, 0.1) is 0 Å². The first kappa shape index (κ1) is 11.3. The summed E-state index contributed by atoms with van der Waals surface area (Å²) in [4.78, 5) is 12.0. The first-order valence-corrected chi connectivity index (χ1v) is 6.05. The fourth-order valence-electron chi connectivity index (χ4n) is 2.26. The molecule has 1 aliphatic carbocycles. The molecule has 0 aliphatic heterocycles. The van der Waals surface area contributed by atoms with Crippen molar-refractivity contribution >= 4 is 5.78 Å². The molecule has 0 heterocycles. The summed E-state index contributed by atoms with van der Waals surface area (Å²) in [6.07, 6.45) is 4.09. The quantitative estimate of drug-likeness (QED) is 0.787. The third-order valence-electron chi connectivity index (χ3n) is 3.36. The van der Waals surface area contributed by atoms with Gasteiger partial charge in [-0.05, 0) is 48.9 Å². The maximum Gasteiger partial charge on any atom is 0.163 e. The first-order valence-electron chi connectivity index (χ1n) is 6.05. The van der Waals surface area contributed by atoms with Crippen molar-refractivity contribution < 1.29 is 4.79 Å². The van der Waals surface area contributed by atoms with E-state index in [0.29, 0.717) is 13.0 Å². The second-order valence-corrected chi connectivity index (χ2v) is 4.81. The van der Waals surface area contributed by atoms with Gasteiger partial charge in [0.1, 0.15) is 0 Å². The predicted molar refractivity (Wildman–Crippen MR) is 65.6 cm³/mol. The summed E-state index contributed by atoms with van der Waals surface area (Å²) in [6.45, 7) is 2.60. The van der Waals surface area contributed by atoms with Gasteiger partial charge < -0.3 is 5.73 Å². The van der Waals surface area contributed by atoms with Crippen LogP contribution in [0, 0.1) is 5.92 Å². The van der Waals surface area contributed by atoms with Crippen molar-refractivity contribution in [1.29, 1.82) is 0 Å². The van der Waals surface area contributed by atoms with E-state index in [9.17, 15) is 4.79 Å². The molecule has 86 valence electrons. The van der Waals surface area contributed by atoms with E-state index >= 15 is 0 Å². The van der Waals surface area contributed by atoms with E-state index in [-0.39, 0.29) is 11.7 Å². The van der Waals surface area contributed by atoms with Gasteiger partial charge in [0.25, 0.3) is 0 Å². The summed E-state index contributed by atoms with van der Waals surface area (Å²) in [7, 11) is 0. The Bertz CT molecular complexity index is 398. The fourth-order valence-corrected chi connectivity index (χ4v) is 2.26. The molecule has 1 aromatic carbocycles. The number of hydrogen-bond donors (Lipinski definition) is 1. The molecule has 1 aromatic rings. The Morgan fingerprint density at radius 3 is 2.88 bits per heavy atom. The molecular formula is C14H19NO. The highest BCUT2D eigenvalue weighted by Crippen LogP contribution is 2.23. The number of Topliss-reactive ketones (excluding diaryl/α,β-unsaturated/α-hetero) is 1. The molecular weight excluding hydrogens is 198 g/mol. The molecule has 0 radical (unpaired) electrons. The number of hydrogen-bond acceptors (Lipinski definition) is 2. The van der Waals surface area contributed by atoms with Crippen LogP contribution in [-0.4, -0.2) is 12.3 Å². The van der Waals surface area contributed by atoms with Gasteiger partial charge in [-0.3, -0.25) is 4.79 Å². The number of aryl methyl sites for hydroxylation is 2. The summed E-state index contributed by atoms with van der Waals surface area (Å²) >= 11 is 0. The Balaban J connectivity index is 2.12. The molecule has 1 unspecified atom stereocenters. The molecule has 2 rings (SSSR count). The second kappa shape index (κ2) is 4.79. The van der Waals surface area contributed by atoms with Crippen molar-refractivity contribution in [3.05, 3.63) is 34.9 Å². The molecule has 0 spiro atoms. The molecule has 2 N–H and O–H groups in total. The van der Waals surface area contributed by atoms with E-state index in [1.165, 1.54) is 24.0 Å². The lowest BCUT2D eigenvalue weighted by molar-refractivity contribution is 0.0966. The number of rotatable bonds is 4. The molecule has 2 nitrogen and oxygen atoms in total. The van der Waals surface area contributed by atoms with Crippen molar-refractivity contribution in [2.24, 2.45) is 11.7 Å². The van der Waals surface area contributed by atoms with Crippen LogP contribution in [-0.2, 0) is 12.8 Å². The van der Waals surface area contributed by atoms with Crippen LogP contribution in [0.2, 0.25) is 0 Å². The van der Waals surface area contributed by atoms with Crippen LogP contribution >= 0.6 is 0 Å². The van der Waals surface area contributed by atoms with E-state index in [0.717, 1.165) is 12.0 Å². The minimum Gasteiger partial charge on any atom is -0.330 e. The van der Waals surface area contributed by atoms with Crippen LogP contribution in [0.4, 0.5) is 0 Å². The predicted octanol–water partition coefficient (Wildman–Crippen LogP) is 2.34. The van der Waals surface area contributed by atoms with Gasteiger partial charge in [-0.15, -0.1) is 0 Å². The third kappa shape index (κ3) is 2.33. The third-order valence-corrected chi connectivity index (χ3v) is 3.36. The Kier molecular flexibility index (Phi) is 3.39. The normalized spacial score (nSPS) is 15.9. The fraction of sp³-hybridized carbons (Fsp3) is 0.500. The van der Waals surface area contributed by atoms with Crippen LogP contribution in [0.25, 0.3) is 0 Å². The van der Waals surface area contributed by atoms with Crippen LogP contribution in [0.1, 0.15) is 41.3 Å². The molecule has 0 saturated heterocycles.